The summed E-state index contributed by atoms with van der Waals surface area (Å²) in [7, 11) is 3.21. The summed E-state index contributed by atoms with van der Waals surface area (Å²) in [6.45, 7) is 5.70. The van der Waals surface area contributed by atoms with Gasteiger partial charge >= 0.3 is 0 Å². The van der Waals surface area contributed by atoms with Crippen LogP contribution >= 0.6 is 15.9 Å². The van der Waals surface area contributed by atoms with Gasteiger partial charge in [0.15, 0.2) is 11.5 Å². The van der Waals surface area contributed by atoms with Crippen molar-refractivity contribution in [1.29, 1.82) is 0 Å². The van der Waals surface area contributed by atoms with E-state index in [4.69, 9.17) is 14.2 Å². The molecule has 0 radical (unpaired) electrons. The predicted octanol–water partition coefficient (Wildman–Crippen LogP) is 4.92. The molecule has 0 N–H and O–H groups in total. The fourth-order valence-electron chi connectivity index (χ4n) is 2.65. The molecule has 0 saturated heterocycles. The highest BCUT2D eigenvalue weighted by atomic mass is 79.9. The Morgan fingerprint density at radius 2 is 1.78 bits per heavy atom. The molecule has 0 spiro atoms. The molecule has 0 aliphatic rings. The number of carbonyl (C=O) groups is 1. The van der Waals surface area contributed by atoms with E-state index in [-0.39, 0.29) is 5.91 Å². The highest BCUT2D eigenvalue weighted by Gasteiger charge is 2.19. The average Bonchev–Trinajstić information content (AvgIpc) is 2.70. The molecular formula is C21H26BrNO4. The predicted molar refractivity (Wildman–Crippen MR) is 110 cm³/mol. The van der Waals surface area contributed by atoms with E-state index < -0.39 is 0 Å². The lowest BCUT2D eigenvalue weighted by molar-refractivity contribution is 0.0752. The molecule has 0 unspecified atom stereocenters. The van der Waals surface area contributed by atoms with Gasteiger partial charge in [-0.3, -0.25) is 4.79 Å². The Balaban J connectivity index is 2.23. The van der Waals surface area contributed by atoms with Gasteiger partial charge in [0.1, 0.15) is 5.75 Å². The first-order chi connectivity index (χ1) is 13.0. The zero-order valence-corrected chi connectivity index (χ0v) is 17.8. The van der Waals surface area contributed by atoms with Crippen molar-refractivity contribution < 1.29 is 19.0 Å². The number of hydrogen-bond acceptors (Lipinski definition) is 4. The van der Waals surface area contributed by atoms with Crippen molar-refractivity contribution in [3.63, 3.8) is 0 Å². The number of methoxy groups -OCH3 is 2. The number of halogens is 1. The summed E-state index contributed by atoms with van der Waals surface area (Å²) in [5.41, 5.74) is 1.60. The molecule has 0 aliphatic heterocycles. The highest BCUT2D eigenvalue weighted by molar-refractivity contribution is 9.10. The van der Waals surface area contributed by atoms with Crippen LogP contribution in [0.5, 0.6) is 17.2 Å². The van der Waals surface area contributed by atoms with Crippen LogP contribution in [0, 0.1) is 0 Å². The van der Waals surface area contributed by atoms with Gasteiger partial charge in [-0.05, 0) is 59.1 Å². The normalized spacial score (nSPS) is 10.4. The molecule has 0 aromatic heterocycles. The highest BCUT2D eigenvalue weighted by Crippen LogP contribution is 2.37. The first-order valence-corrected chi connectivity index (χ1v) is 9.75. The first-order valence-electron chi connectivity index (χ1n) is 8.96. The summed E-state index contributed by atoms with van der Waals surface area (Å²) in [6.07, 6.45) is 0.891. The Labute approximate surface area is 169 Å². The second-order valence-electron chi connectivity index (χ2n) is 6.01. The smallest absolute Gasteiger partial charge is 0.254 e. The van der Waals surface area contributed by atoms with Crippen LogP contribution in [0.2, 0.25) is 0 Å². The summed E-state index contributed by atoms with van der Waals surface area (Å²) in [4.78, 5) is 14.8. The second-order valence-corrected chi connectivity index (χ2v) is 6.86. The topological polar surface area (TPSA) is 48.0 Å². The maximum atomic E-state index is 13.0. The Morgan fingerprint density at radius 1 is 1.07 bits per heavy atom. The summed E-state index contributed by atoms with van der Waals surface area (Å²) >= 11 is 3.50. The molecule has 0 fully saturated rings. The SMILES string of the molecule is CCCOc1c(Br)cc(C(=O)N(CC)Cc2ccc(OC)cc2)cc1OC. The van der Waals surface area contributed by atoms with Gasteiger partial charge in [-0.1, -0.05) is 19.1 Å². The van der Waals surface area contributed by atoms with Crippen LogP contribution in [0.3, 0.4) is 0 Å². The quantitative estimate of drug-likeness (QED) is 0.560. The molecule has 5 nitrogen and oxygen atoms in total. The maximum Gasteiger partial charge on any atom is 0.254 e. The molecule has 0 atom stereocenters. The zero-order chi connectivity index (χ0) is 19.8. The van der Waals surface area contributed by atoms with Crippen molar-refractivity contribution in [2.24, 2.45) is 0 Å². The summed E-state index contributed by atoms with van der Waals surface area (Å²) in [5, 5.41) is 0. The lowest BCUT2D eigenvalue weighted by atomic mass is 10.1. The summed E-state index contributed by atoms with van der Waals surface area (Å²) in [6, 6.07) is 11.2. The molecule has 2 aromatic carbocycles. The van der Waals surface area contributed by atoms with Gasteiger partial charge < -0.3 is 19.1 Å². The van der Waals surface area contributed by atoms with Gasteiger partial charge in [0, 0.05) is 18.7 Å². The summed E-state index contributed by atoms with van der Waals surface area (Å²) in [5.74, 6) is 1.90. The van der Waals surface area contributed by atoms with Crippen molar-refractivity contribution in [2.75, 3.05) is 27.4 Å². The fourth-order valence-corrected chi connectivity index (χ4v) is 3.21. The Bertz CT molecular complexity index is 762. The Morgan fingerprint density at radius 3 is 2.33 bits per heavy atom. The van der Waals surface area contributed by atoms with Crippen LogP contribution in [0.4, 0.5) is 0 Å². The average molecular weight is 436 g/mol. The second kappa shape index (κ2) is 10.2. The third kappa shape index (κ3) is 5.39. The van der Waals surface area contributed by atoms with Crippen LogP contribution < -0.4 is 14.2 Å². The molecule has 0 aliphatic carbocycles. The monoisotopic (exact) mass is 435 g/mol. The molecule has 0 saturated carbocycles. The van der Waals surface area contributed by atoms with Crippen molar-refractivity contribution in [1.82, 2.24) is 4.90 Å². The number of ether oxygens (including phenoxy) is 3. The van der Waals surface area contributed by atoms with E-state index >= 15 is 0 Å². The lowest BCUT2D eigenvalue weighted by Crippen LogP contribution is -2.30. The Hall–Kier alpha value is -2.21. The van der Waals surface area contributed by atoms with Crippen molar-refractivity contribution in [3.8, 4) is 17.2 Å². The largest absolute Gasteiger partial charge is 0.497 e. The van der Waals surface area contributed by atoms with E-state index in [1.54, 1.807) is 31.3 Å². The number of hydrogen-bond donors (Lipinski definition) is 0. The van der Waals surface area contributed by atoms with Crippen molar-refractivity contribution in [2.45, 2.75) is 26.8 Å². The van der Waals surface area contributed by atoms with Crippen LogP contribution in [0.15, 0.2) is 40.9 Å². The third-order valence-corrected chi connectivity index (χ3v) is 4.72. The van der Waals surface area contributed by atoms with Crippen LogP contribution in [0.25, 0.3) is 0 Å². The van der Waals surface area contributed by atoms with Crippen LogP contribution in [-0.2, 0) is 6.54 Å². The minimum absolute atomic E-state index is 0.0608. The van der Waals surface area contributed by atoms with Crippen LogP contribution in [0.1, 0.15) is 36.2 Å². The molecule has 6 heteroatoms. The van der Waals surface area contributed by atoms with E-state index in [2.05, 4.69) is 15.9 Å². The summed E-state index contributed by atoms with van der Waals surface area (Å²) < 4.78 is 17.1. The molecule has 2 rings (SSSR count). The molecule has 146 valence electrons. The van der Waals surface area contributed by atoms with Gasteiger partial charge in [-0.15, -0.1) is 0 Å². The first kappa shape index (κ1) is 21.1. The van der Waals surface area contributed by atoms with Crippen LogP contribution in [-0.4, -0.2) is 38.2 Å². The molecular weight excluding hydrogens is 410 g/mol. The minimum Gasteiger partial charge on any atom is -0.497 e. The number of nitrogens with zero attached hydrogens (tertiary/aromatic N) is 1. The molecule has 0 bridgehead atoms. The van der Waals surface area contributed by atoms with Gasteiger partial charge in [0.25, 0.3) is 5.91 Å². The van der Waals surface area contributed by atoms with Gasteiger partial charge in [-0.2, -0.15) is 0 Å². The maximum absolute atomic E-state index is 13.0. The molecule has 0 heterocycles. The number of carbonyl (C=O) groups excluding carboxylic acids is 1. The molecule has 1 amide bonds. The van der Waals surface area contributed by atoms with Gasteiger partial charge in [0.05, 0.1) is 25.3 Å². The lowest BCUT2D eigenvalue weighted by Gasteiger charge is -2.22. The molecule has 2 aromatic rings. The fraction of sp³-hybridized carbons (Fsp3) is 0.381. The number of rotatable bonds is 9. The van der Waals surface area contributed by atoms with E-state index in [0.29, 0.717) is 41.2 Å². The van der Waals surface area contributed by atoms with Gasteiger partial charge in [0.2, 0.25) is 0 Å². The number of amides is 1. The van der Waals surface area contributed by atoms with E-state index in [1.807, 2.05) is 38.1 Å². The Kier molecular flexibility index (Phi) is 7.98. The molecule has 27 heavy (non-hydrogen) atoms. The van der Waals surface area contributed by atoms with Crippen molar-refractivity contribution in [3.05, 3.63) is 52.0 Å². The van der Waals surface area contributed by atoms with Gasteiger partial charge in [-0.25, -0.2) is 0 Å². The van der Waals surface area contributed by atoms with E-state index in [9.17, 15) is 4.79 Å². The third-order valence-electron chi connectivity index (χ3n) is 4.13. The van der Waals surface area contributed by atoms with Crippen molar-refractivity contribution >= 4 is 21.8 Å². The number of benzene rings is 2. The van der Waals surface area contributed by atoms with E-state index in [0.717, 1.165) is 17.7 Å². The van der Waals surface area contributed by atoms with E-state index in [1.165, 1.54) is 0 Å². The minimum atomic E-state index is -0.0608. The zero-order valence-electron chi connectivity index (χ0n) is 16.3. The standard InChI is InChI=1S/C21H26BrNO4/c1-5-11-27-20-18(22)12-16(13-19(20)26-4)21(24)23(6-2)14-15-7-9-17(25-3)10-8-15/h7-10,12-13H,5-6,11,14H2,1-4H3.